The van der Waals surface area contributed by atoms with E-state index < -0.39 is 5.97 Å². The molecule has 22 heavy (non-hydrogen) atoms. The lowest BCUT2D eigenvalue weighted by Gasteiger charge is -2.10. The van der Waals surface area contributed by atoms with Crippen molar-refractivity contribution in [1.29, 1.82) is 0 Å². The first-order chi connectivity index (χ1) is 10.7. The minimum atomic E-state index is -0.513. The molecule has 110 valence electrons. The van der Waals surface area contributed by atoms with Gasteiger partial charge in [0, 0.05) is 16.6 Å². The van der Waals surface area contributed by atoms with Gasteiger partial charge in [0.1, 0.15) is 6.29 Å². The molecule has 0 spiro atoms. The molecule has 3 rings (SSSR count). The highest BCUT2D eigenvalue weighted by Gasteiger charge is 2.23. The molecule has 0 radical (unpaired) electrons. The first-order valence-electron chi connectivity index (χ1n) is 6.60. The summed E-state index contributed by atoms with van der Waals surface area (Å²) >= 11 is 6.37. The zero-order chi connectivity index (χ0) is 15.7. The number of para-hydroxylation sites is 1. The number of benzene rings is 2. The third-order valence-electron chi connectivity index (χ3n) is 3.48. The summed E-state index contributed by atoms with van der Waals surface area (Å²) in [7, 11) is 1.32. The maximum Gasteiger partial charge on any atom is 0.356 e. The second-order valence-corrected chi connectivity index (χ2v) is 5.09. The summed E-state index contributed by atoms with van der Waals surface area (Å²) < 4.78 is 6.59. The Kier molecular flexibility index (Phi) is 3.69. The molecule has 0 aliphatic carbocycles. The molecule has 0 bridgehead atoms. The quantitative estimate of drug-likeness (QED) is 0.544. The van der Waals surface area contributed by atoms with E-state index in [1.165, 1.54) is 7.11 Å². The van der Waals surface area contributed by atoms with Crippen molar-refractivity contribution in [2.75, 3.05) is 7.11 Å². The second-order valence-electron chi connectivity index (χ2n) is 4.72. The van der Waals surface area contributed by atoms with Crippen LogP contribution in [-0.2, 0) is 4.74 Å². The van der Waals surface area contributed by atoms with Crippen molar-refractivity contribution in [2.45, 2.75) is 0 Å². The van der Waals surface area contributed by atoms with Crippen molar-refractivity contribution in [3.05, 3.63) is 64.8 Å². The number of aromatic nitrogens is 1. The van der Waals surface area contributed by atoms with Crippen LogP contribution in [-0.4, -0.2) is 23.9 Å². The summed E-state index contributed by atoms with van der Waals surface area (Å²) in [5.41, 5.74) is 2.36. The summed E-state index contributed by atoms with van der Waals surface area (Å²) in [6.45, 7) is 0. The number of methoxy groups -OCH3 is 1. The molecule has 3 aromatic rings. The molecule has 1 heterocycles. The number of hydrogen-bond acceptors (Lipinski definition) is 3. The fraction of sp³-hybridized carbons (Fsp3) is 0.0588. The van der Waals surface area contributed by atoms with Gasteiger partial charge in [-0.1, -0.05) is 29.8 Å². The fourth-order valence-corrected chi connectivity index (χ4v) is 2.77. The molecule has 0 aliphatic heterocycles. The monoisotopic (exact) mass is 313 g/mol. The predicted octanol–water partition coefficient (Wildman–Crippen LogP) is 3.88. The molecule has 0 atom stereocenters. The molecule has 1 aromatic heterocycles. The van der Waals surface area contributed by atoms with Gasteiger partial charge in [-0.15, -0.1) is 0 Å². The van der Waals surface area contributed by atoms with Gasteiger partial charge in [0.2, 0.25) is 0 Å². The predicted molar refractivity (Wildman–Crippen MR) is 85.0 cm³/mol. The lowest BCUT2D eigenvalue weighted by molar-refractivity contribution is 0.0592. The molecule has 0 aliphatic rings. The standard InChI is InChI=1S/C17H12ClNO3/c1-22-17(21)16-15(18)13-4-2-3-5-14(13)19(16)12-8-6-11(10-20)7-9-12/h2-10H,1H3. The molecule has 2 aromatic carbocycles. The van der Waals surface area contributed by atoms with Crippen molar-refractivity contribution in [3.8, 4) is 5.69 Å². The van der Waals surface area contributed by atoms with Crippen molar-refractivity contribution in [2.24, 2.45) is 0 Å². The summed E-state index contributed by atoms with van der Waals surface area (Å²) in [5, 5.41) is 1.12. The molecule has 0 unspecified atom stereocenters. The van der Waals surface area contributed by atoms with Crippen LogP contribution in [0, 0.1) is 0 Å². The number of aldehydes is 1. The van der Waals surface area contributed by atoms with E-state index in [0.717, 1.165) is 22.9 Å². The second kappa shape index (κ2) is 5.66. The topological polar surface area (TPSA) is 48.3 Å². The zero-order valence-electron chi connectivity index (χ0n) is 11.7. The number of ether oxygens (including phenoxy) is 1. The number of nitrogens with zero attached hydrogens (tertiary/aromatic N) is 1. The van der Waals surface area contributed by atoms with E-state index in [9.17, 15) is 9.59 Å². The van der Waals surface area contributed by atoms with E-state index in [1.807, 2.05) is 24.3 Å². The Morgan fingerprint density at radius 1 is 1.14 bits per heavy atom. The van der Waals surface area contributed by atoms with E-state index in [1.54, 1.807) is 28.8 Å². The maximum absolute atomic E-state index is 12.1. The Morgan fingerprint density at radius 2 is 1.82 bits per heavy atom. The van der Waals surface area contributed by atoms with Gasteiger partial charge in [-0.25, -0.2) is 4.79 Å². The number of hydrogen-bond donors (Lipinski definition) is 0. The molecule has 0 fully saturated rings. The van der Waals surface area contributed by atoms with Crippen LogP contribution in [0.1, 0.15) is 20.8 Å². The van der Waals surface area contributed by atoms with Gasteiger partial charge in [-0.3, -0.25) is 4.79 Å². The van der Waals surface area contributed by atoms with E-state index >= 15 is 0 Å². The average molecular weight is 314 g/mol. The molecular weight excluding hydrogens is 302 g/mol. The lowest BCUT2D eigenvalue weighted by Crippen LogP contribution is -2.09. The highest BCUT2D eigenvalue weighted by atomic mass is 35.5. The van der Waals surface area contributed by atoms with Crippen LogP contribution in [0.4, 0.5) is 0 Å². The number of esters is 1. The van der Waals surface area contributed by atoms with E-state index in [-0.39, 0.29) is 5.69 Å². The Hall–Kier alpha value is -2.59. The van der Waals surface area contributed by atoms with Crippen LogP contribution >= 0.6 is 11.6 Å². The number of halogens is 1. The van der Waals surface area contributed by atoms with Crippen molar-refractivity contribution in [3.63, 3.8) is 0 Å². The van der Waals surface area contributed by atoms with Crippen LogP contribution in [0.3, 0.4) is 0 Å². The molecular formula is C17H12ClNO3. The third kappa shape index (κ3) is 2.18. The first-order valence-corrected chi connectivity index (χ1v) is 6.98. The third-order valence-corrected chi connectivity index (χ3v) is 3.86. The SMILES string of the molecule is COC(=O)c1c(Cl)c2ccccc2n1-c1ccc(C=O)cc1. The van der Waals surface area contributed by atoms with Crippen LogP contribution in [0.5, 0.6) is 0 Å². The first kappa shape index (κ1) is 14.4. The van der Waals surface area contributed by atoms with Gasteiger partial charge < -0.3 is 9.30 Å². The number of carbonyl (C=O) groups is 2. The number of carbonyl (C=O) groups excluding carboxylic acids is 2. The Balaban J connectivity index is 2.34. The Labute approximate surface area is 131 Å². The van der Waals surface area contributed by atoms with Gasteiger partial charge in [0.05, 0.1) is 17.6 Å². The smallest absolute Gasteiger partial charge is 0.356 e. The highest BCUT2D eigenvalue weighted by Crippen LogP contribution is 2.33. The number of rotatable bonds is 3. The normalized spacial score (nSPS) is 10.6. The van der Waals surface area contributed by atoms with E-state index in [0.29, 0.717) is 10.6 Å². The summed E-state index contributed by atoms with van der Waals surface area (Å²) in [5.74, 6) is -0.513. The van der Waals surface area contributed by atoms with Crippen LogP contribution in [0.25, 0.3) is 16.6 Å². The minimum Gasteiger partial charge on any atom is -0.464 e. The zero-order valence-corrected chi connectivity index (χ0v) is 12.5. The van der Waals surface area contributed by atoms with Gasteiger partial charge in [-0.05, 0) is 30.3 Å². The molecule has 0 N–H and O–H groups in total. The minimum absolute atomic E-state index is 0.268. The highest BCUT2D eigenvalue weighted by molar-refractivity contribution is 6.38. The molecule has 5 heteroatoms. The van der Waals surface area contributed by atoms with Crippen molar-refractivity contribution in [1.82, 2.24) is 4.57 Å². The number of fused-ring (bicyclic) bond motifs is 1. The Bertz CT molecular complexity index is 865. The largest absolute Gasteiger partial charge is 0.464 e. The fourth-order valence-electron chi connectivity index (χ4n) is 2.45. The lowest BCUT2D eigenvalue weighted by atomic mass is 10.2. The molecule has 0 saturated heterocycles. The maximum atomic E-state index is 12.1. The van der Waals surface area contributed by atoms with Crippen LogP contribution in [0.2, 0.25) is 5.02 Å². The van der Waals surface area contributed by atoms with Crippen molar-refractivity contribution < 1.29 is 14.3 Å². The molecule has 0 saturated carbocycles. The van der Waals surface area contributed by atoms with Gasteiger partial charge in [0.15, 0.2) is 5.69 Å². The molecule has 4 nitrogen and oxygen atoms in total. The van der Waals surface area contributed by atoms with Crippen LogP contribution < -0.4 is 0 Å². The van der Waals surface area contributed by atoms with Gasteiger partial charge in [-0.2, -0.15) is 0 Å². The van der Waals surface area contributed by atoms with E-state index in [2.05, 4.69) is 0 Å². The van der Waals surface area contributed by atoms with Gasteiger partial charge >= 0.3 is 5.97 Å². The summed E-state index contributed by atoms with van der Waals surface area (Å²) in [6, 6.07) is 14.4. The average Bonchev–Trinajstić information content (AvgIpc) is 2.87. The van der Waals surface area contributed by atoms with Crippen LogP contribution in [0.15, 0.2) is 48.5 Å². The van der Waals surface area contributed by atoms with Gasteiger partial charge in [0.25, 0.3) is 0 Å². The molecule has 0 amide bonds. The Morgan fingerprint density at radius 3 is 2.45 bits per heavy atom. The van der Waals surface area contributed by atoms with Crippen molar-refractivity contribution >= 4 is 34.8 Å². The summed E-state index contributed by atoms with van der Waals surface area (Å²) in [6.07, 6.45) is 0.770. The summed E-state index contributed by atoms with van der Waals surface area (Å²) in [4.78, 5) is 22.9. The van der Waals surface area contributed by atoms with E-state index in [4.69, 9.17) is 16.3 Å².